The molecule has 0 aromatic carbocycles. The second kappa shape index (κ2) is 4.37. The highest BCUT2D eigenvalue weighted by atomic mass is 15.2. The lowest BCUT2D eigenvalue weighted by Gasteiger charge is -2.06. The molecule has 0 amide bonds. The highest BCUT2D eigenvalue weighted by Crippen LogP contribution is 2.16. The Labute approximate surface area is 78.9 Å². The summed E-state index contributed by atoms with van der Waals surface area (Å²) in [5.41, 5.74) is 5.61. The van der Waals surface area contributed by atoms with Gasteiger partial charge in [-0.3, -0.25) is 5.10 Å². The summed E-state index contributed by atoms with van der Waals surface area (Å²) in [6, 6.07) is 0. The molecular weight excluding hydrogens is 164 g/mol. The van der Waals surface area contributed by atoms with Gasteiger partial charge in [-0.25, -0.2) is 4.98 Å². The van der Waals surface area contributed by atoms with Crippen molar-refractivity contribution in [2.24, 2.45) is 5.73 Å². The summed E-state index contributed by atoms with van der Waals surface area (Å²) in [7, 11) is 0. The Balaban J connectivity index is 2.78. The molecule has 1 heterocycles. The standard InChI is InChI=1S/C9H18N4/c1-4-7(5-10)9-11-8(6(2)3)12-13-9/h6-7H,4-5,10H2,1-3H3,(H,11,12,13). The molecule has 0 aliphatic heterocycles. The molecule has 0 aliphatic carbocycles. The van der Waals surface area contributed by atoms with Gasteiger partial charge in [0.2, 0.25) is 0 Å². The number of nitrogens with two attached hydrogens (primary N) is 1. The first kappa shape index (κ1) is 10.2. The first-order valence-electron chi connectivity index (χ1n) is 4.81. The largest absolute Gasteiger partial charge is 0.330 e. The summed E-state index contributed by atoms with van der Waals surface area (Å²) < 4.78 is 0. The molecule has 0 saturated heterocycles. The fourth-order valence-corrected chi connectivity index (χ4v) is 1.20. The van der Waals surface area contributed by atoms with E-state index in [1.807, 2.05) is 0 Å². The normalized spacial score (nSPS) is 13.6. The SMILES string of the molecule is CCC(CN)c1nc(C(C)C)n[nH]1. The Kier molecular flexibility index (Phi) is 3.42. The predicted molar refractivity (Wildman–Crippen MR) is 52.6 cm³/mol. The average molecular weight is 182 g/mol. The first-order valence-corrected chi connectivity index (χ1v) is 4.81. The van der Waals surface area contributed by atoms with Crippen molar-refractivity contribution in [3.8, 4) is 0 Å². The molecular formula is C9H18N4. The van der Waals surface area contributed by atoms with Crippen molar-refractivity contribution in [3.05, 3.63) is 11.6 Å². The Morgan fingerprint density at radius 1 is 1.46 bits per heavy atom. The van der Waals surface area contributed by atoms with E-state index in [9.17, 15) is 0 Å². The molecule has 0 fully saturated rings. The van der Waals surface area contributed by atoms with Crippen molar-refractivity contribution in [1.82, 2.24) is 15.2 Å². The molecule has 0 aliphatic rings. The smallest absolute Gasteiger partial charge is 0.153 e. The summed E-state index contributed by atoms with van der Waals surface area (Å²) in [6.07, 6.45) is 1.00. The van der Waals surface area contributed by atoms with E-state index in [0.717, 1.165) is 18.1 Å². The molecule has 0 spiro atoms. The van der Waals surface area contributed by atoms with E-state index in [4.69, 9.17) is 5.73 Å². The van der Waals surface area contributed by atoms with Crippen LogP contribution >= 0.6 is 0 Å². The summed E-state index contributed by atoms with van der Waals surface area (Å²) in [5, 5.41) is 7.09. The van der Waals surface area contributed by atoms with Crippen LogP contribution in [0.5, 0.6) is 0 Å². The quantitative estimate of drug-likeness (QED) is 0.739. The van der Waals surface area contributed by atoms with Crippen LogP contribution in [-0.2, 0) is 0 Å². The first-order chi connectivity index (χ1) is 6.19. The summed E-state index contributed by atoms with van der Waals surface area (Å²) >= 11 is 0. The van der Waals surface area contributed by atoms with Gasteiger partial charge in [-0.05, 0) is 6.42 Å². The molecule has 1 unspecified atom stereocenters. The highest BCUT2D eigenvalue weighted by molar-refractivity contribution is 5.00. The fourth-order valence-electron chi connectivity index (χ4n) is 1.20. The number of aromatic amines is 1. The molecule has 0 radical (unpaired) electrons. The number of H-pyrrole nitrogens is 1. The minimum Gasteiger partial charge on any atom is -0.330 e. The lowest BCUT2D eigenvalue weighted by Crippen LogP contribution is -2.13. The van der Waals surface area contributed by atoms with Crippen molar-refractivity contribution < 1.29 is 0 Å². The molecule has 74 valence electrons. The van der Waals surface area contributed by atoms with Crippen LogP contribution < -0.4 is 5.73 Å². The maximum atomic E-state index is 5.61. The maximum Gasteiger partial charge on any atom is 0.153 e. The second-order valence-corrected chi connectivity index (χ2v) is 3.57. The molecule has 4 heteroatoms. The number of aromatic nitrogens is 3. The van der Waals surface area contributed by atoms with E-state index < -0.39 is 0 Å². The number of hydrogen-bond acceptors (Lipinski definition) is 3. The van der Waals surface area contributed by atoms with E-state index in [1.54, 1.807) is 0 Å². The Morgan fingerprint density at radius 3 is 2.54 bits per heavy atom. The van der Waals surface area contributed by atoms with Gasteiger partial charge in [-0.15, -0.1) is 0 Å². The number of nitrogens with zero attached hydrogens (tertiary/aromatic N) is 2. The van der Waals surface area contributed by atoms with E-state index in [0.29, 0.717) is 18.4 Å². The highest BCUT2D eigenvalue weighted by Gasteiger charge is 2.13. The van der Waals surface area contributed by atoms with Crippen LogP contribution in [0.3, 0.4) is 0 Å². The lowest BCUT2D eigenvalue weighted by atomic mass is 10.1. The van der Waals surface area contributed by atoms with E-state index in [2.05, 4.69) is 36.0 Å². The molecule has 13 heavy (non-hydrogen) atoms. The van der Waals surface area contributed by atoms with Gasteiger partial charge in [-0.1, -0.05) is 20.8 Å². The van der Waals surface area contributed by atoms with Gasteiger partial charge in [0, 0.05) is 18.4 Å². The Bertz CT molecular complexity index is 250. The summed E-state index contributed by atoms with van der Waals surface area (Å²) in [6.45, 7) is 6.89. The van der Waals surface area contributed by atoms with Crippen molar-refractivity contribution in [3.63, 3.8) is 0 Å². The van der Waals surface area contributed by atoms with Crippen molar-refractivity contribution >= 4 is 0 Å². The number of rotatable bonds is 4. The Morgan fingerprint density at radius 2 is 2.15 bits per heavy atom. The van der Waals surface area contributed by atoms with Crippen LogP contribution in [-0.4, -0.2) is 21.7 Å². The van der Waals surface area contributed by atoms with Gasteiger partial charge in [0.15, 0.2) is 5.82 Å². The maximum absolute atomic E-state index is 5.61. The van der Waals surface area contributed by atoms with Gasteiger partial charge in [0.25, 0.3) is 0 Å². The minimum absolute atomic E-state index is 0.319. The van der Waals surface area contributed by atoms with Crippen LogP contribution in [0.25, 0.3) is 0 Å². The van der Waals surface area contributed by atoms with Gasteiger partial charge in [0.1, 0.15) is 5.82 Å². The molecule has 1 rings (SSSR count). The van der Waals surface area contributed by atoms with Gasteiger partial charge >= 0.3 is 0 Å². The topological polar surface area (TPSA) is 67.6 Å². The third kappa shape index (κ3) is 2.28. The van der Waals surface area contributed by atoms with Crippen molar-refractivity contribution in [1.29, 1.82) is 0 Å². The van der Waals surface area contributed by atoms with Crippen molar-refractivity contribution in [2.75, 3.05) is 6.54 Å². The number of nitrogens with one attached hydrogen (secondary N) is 1. The molecule has 0 bridgehead atoms. The lowest BCUT2D eigenvalue weighted by molar-refractivity contribution is 0.632. The number of hydrogen-bond donors (Lipinski definition) is 2. The van der Waals surface area contributed by atoms with Gasteiger partial charge < -0.3 is 5.73 Å². The van der Waals surface area contributed by atoms with Crippen molar-refractivity contribution in [2.45, 2.75) is 39.0 Å². The van der Waals surface area contributed by atoms with Crippen LogP contribution in [0, 0.1) is 0 Å². The van der Waals surface area contributed by atoms with Gasteiger partial charge in [-0.2, -0.15) is 5.10 Å². The fraction of sp³-hybridized carbons (Fsp3) is 0.778. The average Bonchev–Trinajstić information content (AvgIpc) is 2.56. The minimum atomic E-state index is 0.319. The summed E-state index contributed by atoms with van der Waals surface area (Å²) in [4.78, 5) is 4.41. The van der Waals surface area contributed by atoms with E-state index in [-0.39, 0.29) is 0 Å². The van der Waals surface area contributed by atoms with E-state index in [1.165, 1.54) is 0 Å². The van der Waals surface area contributed by atoms with E-state index >= 15 is 0 Å². The zero-order chi connectivity index (χ0) is 9.84. The van der Waals surface area contributed by atoms with Crippen LogP contribution in [0.4, 0.5) is 0 Å². The second-order valence-electron chi connectivity index (χ2n) is 3.57. The zero-order valence-corrected chi connectivity index (χ0v) is 8.54. The monoisotopic (exact) mass is 182 g/mol. The molecule has 4 nitrogen and oxygen atoms in total. The molecule has 1 atom stereocenters. The molecule has 3 N–H and O–H groups in total. The Hall–Kier alpha value is -0.900. The van der Waals surface area contributed by atoms with Crippen LogP contribution in [0.2, 0.25) is 0 Å². The third-order valence-electron chi connectivity index (χ3n) is 2.20. The zero-order valence-electron chi connectivity index (χ0n) is 8.54. The molecule has 0 saturated carbocycles. The van der Waals surface area contributed by atoms with Crippen LogP contribution in [0.1, 0.15) is 50.7 Å². The third-order valence-corrected chi connectivity index (χ3v) is 2.20. The van der Waals surface area contributed by atoms with Gasteiger partial charge in [0.05, 0.1) is 0 Å². The molecule has 1 aromatic heterocycles. The summed E-state index contributed by atoms with van der Waals surface area (Å²) in [5.74, 6) is 2.50. The van der Waals surface area contributed by atoms with Crippen LogP contribution in [0.15, 0.2) is 0 Å². The predicted octanol–water partition coefficient (Wildman–Crippen LogP) is 1.38. The molecule has 1 aromatic rings.